The number of hydrogen-bond acceptors (Lipinski definition) is 4. The molecule has 1 aliphatic rings. The number of anilines is 2. The van der Waals surface area contributed by atoms with Crippen LogP contribution in [0.3, 0.4) is 0 Å². The first-order valence-corrected chi connectivity index (χ1v) is 8.05. The number of rotatable bonds is 4. The normalized spacial score (nSPS) is 18.4. The quantitative estimate of drug-likeness (QED) is 0.839. The van der Waals surface area contributed by atoms with E-state index in [2.05, 4.69) is 24.1 Å². The third-order valence-corrected chi connectivity index (χ3v) is 4.72. The van der Waals surface area contributed by atoms with E-state index in [-0.39, 0.29) is 16.3 Å². The van der Waals surface area contributed by atoms with E-state index in [1.807, 2.05) is 11.8 Å². The Morgan fingerprint density at radius 1 is 1.52 bits per heavy atom. The molecule has 1 aliphatic heterocycles. The Balaban J connectivity index is 1.83. The lowest BCUT2D eigenvalue weighted by Crippen LogP contribution is -2.44. The van der Waals surface area contributed by atoms with Crippen molar-refractivity contribution < 1.29 is 9.18 Å². The molecule has 1 amide bonds. The molecule has 0 spiro atoms. The first kappa shape index (κ1) is 16.1. The van der Waals surface area contributed by atoms with E-state index in [0.717, 1.165) is 18.8 Å². The van der Waals surface area contributed by atoms with Gasteiger partial charge in [-0.3, -0.25) is 4.79 Å². The topological polar surface area (TPSA) is 58.4 Å². The van der Waals surface area contributed by atoms with Crippen molar-refractivity contribution in [3.05, 3.63) is 24.0 Å². The van der Waals surface area contributed by atoms with Crippen LogP contribution in [0.1, 0.15) is 20.3 Å². The van der Waals surface area contributed by atoms with Crippen molar-refractivity contribution >= 4 is 29.0 Å². The molecular formula is C15H22FN3OS. The number of nitrogens with two attached hydrogens (primary N) is 1. The molecular weight excluding hydrogens is 289 g/mol. The fourth-order valence-electron chi connectivity index (χ4n) is 2.42. The zero-order valence-electron chi connectivity index (χ0n) is 12.5. The Morgan fingerprint density at radius 2 is 2.29 bits per heavy atom. The molecule has 0 aliphatic carbocycles. The highest BCUT2D eigenvalue weighted by molar-refractivity contribution is 8.00. The summed E-state index contributed by atoms with van der Waals surface area (Å²) >= 11 is 1.96. The minimum absolute atomic E-state index is 0.148. The van der Waals surface area contributed by atoms with E-state index in [0.29, 0.717) is 18.7 Å². The maximum absolute atomic E-state index is 13.5. The lowest BCUT2D eigenvalue weighted by Gasteiger charge is -2.37. The number of carbonyl (C=O) groups excluding carboxylic acids is 1. The van der Waals surface area contributed by atoms with E-state index < -0.39 is 5.82 Å². The zero-order valence-corrected chi connectivity index (χ0v) is 13.3. The van der Waals surface area contributed by atoms with Crippen LogP contribution in [0.4, 0.5) is 15.8 Å². The fourth-order valence-corrected chi connectivity index (χ4v) is 3.59. The summed E-state index contributed by atoms with van der Waals surface area (Å²) < 4.78 is 13.8. The minimum Gasteiger partial charge on any atom is -0.399 e. The van der Waals surface area contributed by atoms with E-state index in [9.17, 15) is 9.18 Å². The molecule has 2 rings (SSSR count). The third-order valence-electron chi connectivity index (χ3n) is 3.42. The van der Waals surface area contributed by atoms with Crippen molar-refractivity contribution in [2.24, 2.45) is 0 Å². The van der Waals surface area contributed by atoms with Gasteiger partial charge in [0.15, 0.2) is 0 Å². The highest BCUT2D eigenvalue weighted by Gasteiger charge is 2.26. The molecule has 1 fully saturated rings. The molecule has 1 saturated heterocycles. The van der Waals surface area contributed by atoms with Crippen molar-refractivity contribution in [1.29, 1.82) is 0 Å². The maximum atomic E-state index is 13.5. The summed E-state index contributed by atoms with van der Waals surface area (Å²) in [5.74, 6) is 0.432. The summed E-state index contributed by atoms with van der Waals surface area (Å²) in [6, 6.07) is 4.17. The summed E-state index contributed by atoms with van der Waals surface area (Å²) in [7, 11) is 0. The van der Waals surface area contributed by atoms with Crippen LogP contribution >= 0.6 is 11.8 Å². The van der Waals surface area contributed by atoms with Crippen LogP contribution < -0.4 is 11.1 Å². The van der Waals surface area contributed by atoms with E-state index >= 15 is 0 Å². The summed E-state index contributed by atoms with van der Waals surface area (Å²) in [5.41, 5.74) is 6.18. The molecule has 21 heavy (non-hydrogen) atoms. The van der Waals surface area contributed by atoms with Crippen molar-refractivity contribution in [3.8, 4) is 0 Å². The van der Waals surface area contributed by atoms with Gasteiger partial charge in [0, 0.05) is 42.2 Å². The number of amides is 1. The number of nitrogen functional groups attached to an aromatic ring is 1. The van der Waals surface area contributed by atoms with Gasteiger partial charge in [0.1, 0.15) is 5.82 Å². The SMILES string of the molecule is CC1(C)CN(CCC(=O)Nc2cc(N)ccc2F)CCS1. The van der Waals surface area contributed by atoms with Crippen LogP contribution in [0.5, 0.6) is 0 Å². The van der Waals surface area contributed by atoms with Crippen LogP contribution in [0.2, 0.25) is 0 Å². The second kappa shape index (κ2) is 6.66. The second-order valence-electron chi connectivity index (χ2n) is 5.92. The number of benzene rings is 1. The van der Waals surface area contributed by atoms with Gasteiger partial charge in [0.25, 0.3) is 0 Å². The van der Waals surface area contributed by atoms with Gasteiger partial charge in [0.05, 0.1) is 5.69 Å². The Hall–Kier alpha value is -1.27. The van der Waals surface area contributed by atoms with Gasteiger partial charge >= 0.3 is 0 Å². The second-order valence-corrected chi connectivity index (χ2v) is 7.72. The number of hydrogen-bond donors (Lipinski definition) is 2. The number of thioether (sulfide) groups is 1. The van der Waals surface area contributed by atoms with Crippen LogP contribution in [-0.4, -0.2) is 40.9 Å². The summed E-state index contributed by atoms with van der Waals surface area (Å²) in [4.78, 5) is 14.2. The molecule has 0 atom stereocenters. The van der Waals surface area contributed by atoms with Gasteiger partial charge < -0.3 is 16.0 Å². The molecule has 1 aromatic carbocycles. The van der Waals surface area contributed by atoms with Gasteiger partial charge in [-0.05, 0) is 32.0 Å². The van der Waals surface area contributed by atoms with Gasteiger partial charge in [-0.15, -0.1) is 0 Å². The zero-order chi connectivity index (χ0) is 15.5. The van der Waals surface area contributed by atoms with Crippen LogP contribution in [0, 0.1) is 5.82 Å². The van der Waals surface area contributed by atoms with Crippen molar-refractivity contribution in [3.63, 3.8) is 0 Å². The third kappa shape index (κ3) is 4.89. The highest BCUT2D eigenvalue weighted by Crippen LogP contribution is 2.29. The summed E-state index contributed by atoms with van der Waals surface area (Å²) in [5, 5.41) is 2.59. The maximum Gasteiger partial charge on any atom is 0.225 e. The Morgan fingerprint density at radius 3 is 3.00 bits per heavy atom. The largest absolute Gasteiger partial charge is 0.399 e. The number of carbonyl (C=O) groups is 1. The van der Waals surface area contributed by atoms with Gasteiger partial charge in [-0.1, -0.05) is 0 Å². The van der Waals surface area contributed by atoms with Gasteiger partial charge in [-0.2, -0.15) is 11.8 Å². The minimum atomic E-state index is -0.465. The van der Waals surface area contributed by atoms with Crippen molar-refractivity contribution in [2.45, 2.75) is 25.0 Å². The molecule has 116 valence electrons. The number of nitrogens with one attached hydrogen (secondary N) is 1. The predicted molar refractivity (Wildman–Crippen MR) is 87.0 cm³/mol. The average molecular weight is 311 g/mol. The fraction of sp³-hybridized carbons (Fsp3) is 0.533. The smallest absolute Gasteiger partial charge is 0.225 e. The molecule has 1 heterocycles. The Bertz CT molecular complexity index is 522. The molecule has 0 unspecified atom stereocenters. The molecule has 0 bridgehead atoms. The lowest BCUT2D eigenvalue weighted by molar-refractivity contribution is -0.116. The Kier molecular flexibility index (Phi) is 5.11. The summed E-state index contributed by atoms with van der Waals surface area (Å²) in [6.07, 6.45) is 0.356. The monoisotopic (exact) mass is 311 g/mol. The molecule has 1 aromatic rings. The van der Waals surface area contributed by atoms with E-state index in [4.69, 9.17) is 5.73 Å². The van der Waals surface area contributed by atoms with Crippen LogP contribution in [-0.2, 0) is 4.79 Å². The van der Waals surface area contributed by atoms with E-state index in [1.165, 1.54) is 18.2 Å². The van der Waals surface area contributed by atoms with E-state index in [1.54, 1.807) is 0 Å². The summed E-state index contributed by atoms with van der Waals surface area (Å²) in [6.45, 7) is 7.09. The average Bonchev–Trinajstić information content (AvgIpc) is 2.40. The van der Waals surface area contributed by atoms with Gasteiger partial charge in [-0.25, -0.2) is 4.39 Å². The number of nitrogens with zero attached hydrogens (tertiary/aromatic N) is 1. The lowest BCUT2D eigenvalue weighted by atomic mass is 10.2. The molecule has 3 N–H and O–H groups in total. The molecule has 4 nitrogen and oxygen atoms in total. The Labute approximate surface area is 129 Å². The van der Waals surface area contributed by atoms with Crippen molar-refractivity contribution in [2.75, 3.05) is 36.4 Å². The van der Waals surface area contributed by atoms with Crippen molar-refractivity contribution in [1.82, 2.24) is 4.90 Å². The van der Waals surface area contributed by atoms with Gasteiger partial charge in [0.2, 0.25) is 5.91 Å². The van der Waals surface area contributed by atoms with Crippen LogP contribution in [0.25, 0.3) is 0 Å². The highest BCUT2D eigenvalue weighted by atomic mass is 32.2. The molecule has 0 radical (unpaired) electrons. The molecule has 6 heteroatoms. The standard InChI is InChI=1S/C15H22FN3OS/c1-15(2)10-19(7-8-21-15)6-5-14(20)18-13-9-11(17)3-4-12(13)16/h3-4,9H,5-8,10,17H2,1-2H3,(H,18,20). The molecule has 0 saturated carbocycles. The number of halogens is 1. The first-order chi connectivity index (χ1) is 9.85. The van der Waals surface area contributed by atoms with Crippen LogP contribution in [0.15, 0.2) is 18.2 Å². The first-order valence-electron chi connectivity index (χ1n) is 7.07. The predicted octanol–water partition coefficient (Wildman–Crippen LogP) is 2.56. The molecule has 0 aromatic heterocycles.